The first-order valence-electron chi connectivity index (χ1n) is 9.82. The number of nitrogens with one attached hydrogen (secondary N) is 2. The Labute approximate surface area is 202 Å². The summed E-state index contributed by atoms with van der Waals surface area (Å²) in [5, 5.41) is 10.7. The van der Waals surface area contributed by atoms with Crippen LogP contribution in [-0.2, 0) is 13.1 Å². The van der Waals surface area contributed by atoms with Gasteiger partial charge in [-0.3, -0.25) is 0 Å². The highest BCUT2D eigenvalue weighted by molar-refractivity contribution is 14.0. The van der Waals surface area contributed by atoms with Gasteiger partial charge in [-0.05, 0) is 37.3 Å². The maximum absolute atomic E-state index is 12.7. The lowest BCUT2D eigenvalue weighted by molar-refractivity contribution is -0.0504. The van der Waals surface area contributed by atoms with Crippen LogP contribution in [0.4, 0.5) is 8.78 Å². The zero-order valence-electron chi connectivity index (χ0n) is 17.8. The molecule has 2 N–H and O–H groups in total. The van der Waals surface area contributed by atoms with Crippen LogP contribution in [0.2, 0.25) is 0 Å². The molecule has 32 heavy (non-hydrogen) atoms. The second-order valence-corrected chi connectivity index (χ2v) is 6.53. The van der Waals surface area contributed by atoms with Crippen LogP contribution in [0.5, 0.6) is 11.5 Å². The summed E-state index contributed by atoms with van der Waals surface area (Å²) in [6.07, 6.45) is 3.68. The van der Waals surface area contributed by atoms with Crippen molar-refractivity contribution in [1.82, 2.24) is 20.4 Å². The van der Waals surface area contributed by atoms with E-state index in [2.05, 4.69) is 25.5 Å². The highest BCUT2D eigenvalue weighted by atomic mass is 127. The van der Waals surface area contributed by atoms with Crippen LogP contribution in [0.15, 0.2) is 65.9 Å². The monoisotopic (exact) mass is 557 g/mol. The smallest absolute Gasteiger partial charge is 0.387 e. The van der Waals surface area contributed by atoms with Crippen LogP contribution in [-0.4, -0.2) is 36.0 Å². The molecule has 3 rings (SSSR count). The number of ether oxygens (including phenoxy) is 2. The molecule has 0 atom stereocenters. The molecule has 0 aliphatic rings. The molecule has 172 valence electrons. The van der Waals surface area contributed by atoms with E-state index in [9.17, 15) is 8.78 Å². The van der Waals surface area contributed by atoms with Crippen molar-refractivity contribution >= 4 is 29.9 Å². The molecule has 0 saturated carbocycles. The number of alkyl halides is 2. The van der Waals surface area contributed by atoms with Gasteiger partial charge in [-0.15, -0.1) is 24.0 Å². The predicted molar refractivity (Wildman–Crippen MR) is 130 cm³/mol. The molecule has 0 unspecified atom stereocenters. The van der Waals surface area contributed by atoms with Gasteiger partial charge in [0.05, 0.1) is 25.5 Å². The first kappa shape index (κ1) is 25.4. The van der Waals surface area contributed by atoms with Gasteiger partial charge in [-0.1, -0.05) is 18.2 Å². The average Bonchev–Trinajstić information content (AvgIpc) is 3.26. The lowest BCUT2D eigenvalue weighted by atomic mass is 10.2. The van der Waals surface area contributed by atoms with E-state index in [4.69, 9.17) is 4.74 Å². The van der Waals surface area contributed by atoms with E-state index in [-0.39, 0.29) is 36.3 Å². The Morgan fingerprint density at radius 1 is 1.16 bits per heavy atom. The number of hydrogen-bond donors (Lipinski definition) is 2. The second-order valence-electron chi connectivity index (χ2n) is 6.53. The van der Waals surface area contributed by atoms with Crippen molar-refractivity contribution in [3.63, 3.8) is 0 Å². The van der Waals surface area contributed by atoms with Crippen molar-refractivity contribution in [2.24, 2.45) is 4.99 Å². The Hall–Kier alpha value is -2.89. The van der Waals surface area contributed by atoms with E-state index < -0.39 is 6.61 Å². The van der Waals surface area contributed by atoms with E-state index >= 15 is 0 Å². The van der Waals surface area contributed by atoms with E-state index in [0.29, 0.717) is 30.4 Å². The van der Waals surface area contributed by atoms with Gasteiger partial charge in [0.25, 0.3) is 0 Å². The third-order valence-corrected chi connectivity index (χ3v) is 4.35. The summed E-state index contributed by atoms with van der Waals surface area (Å²) in [5.74, 6) is 1.18. The number of benzene rings is 2. The normalized spacial score (nSPS) is 11.1. The number of aliphatic imine (C=N–C) groups is 1. The summed E-state index contributed by atoms with van der Waals surface area (Å²) < 4.78 is 37.0. The molecule has 0 bridgehead atoms. The van der Waals surface area contributed by atoms with Crippen LogP contribution >= 0.6 is 24.0 Å². The molecule has 0 aliphatic carbocycles. The summed E-state index contributed by atoms with van der Waals surface area (Å²) in [7, 11) is 1.52. The maximum Gasteiger partial charge on any atom is 0.387 e. The van der Waals surface area contributed by atoms with Gasteiger partial charge in [0.2, 0.25) is 0 Å². The Morgan fingerprint density at radius 3 is 2.62 bits per heavy atom. The third kappa shape index (κ3) is 7.36. The quantitative estimate of drug-likeness (QED) is 0.233. The number of para-hydroxylation sites is 1. The SMILES string of the molecule is CCNC(=NCc1cnn(-c2ccccc2)c1)NCc1cc(OC)ccc1OC(F)F.I. The zero-order chi connectivity index (χ0) is 22.1. The fourth-order valence-electron chi connectivity index (χ4n) is 2.89. The van der Waals surface area contributed by atoms with E-state index in [1.807, 2.05) is 43.5 Å². The molecule has 0 fully saturated rings. The number of aromatic nitrogens is 2. The van der Waals surface area contributed by atoms with Crippen LogP contribution in [0.3, 0.4) is 0 Å². The minimum Gasteiger partial charge on any atom is -0.497 e. The van der Waals surface area contributed by atoms with Crippen molar-refractivity contribution in [1.29, 1.82) is 0 Å². The second kappa shape index (κ2) is 12.8. The molecular formula is C22H26F2IN5O2. The minimum absolute atomic E-state index is 0. The molecular weight excluding hydrogens is 531 g/mol. The summed E-state index contributed by atoms with van der Waals surface area (Å²) in [4.78, 5) is 4.56. The van der Waals surface area contributed by atoms with E-state index in [0.717, 1.165) is 11.3 Å². The number of halogens is 3. The first-order valence-corrected chi connectivity index (χ1v) is 9.82. The fourth-order valence-corrected chi connectivity index (χ4v) is 2.89. The van der Waals surface area contributed by atoms with Gasteiger partial charge in [0.15, 0.2) is 5.96 Å². The summed E-state index contributed by atoms with van der Waals surface area (Å²) >= 11 is 0. The van der Waals surface area contributed by atoms with Crippen LogP contribution < -0.4 is 20.1 Å². The Kier molecular flexibility index (Phi) is 10.2. The highest BCUT2D eigenvalue weighted by Gasteiger charge is 2.12. The van der Waals surface area contributed by atoms with Crippen molar-refractivity contribution in [3.05, 3.63) is 72.1 Å². The molecule has 0 aliphatic heterocycles. The van der Waals surface area contributed by atoms with Gasteiger partial charge in [0, 0.05) is 30.4 Å². The van der Waals surface area contributed by atoms with Crippen molar-refractivity contribution in [3.8, 4) is 17.2 Å². The van der Waals surface area contributed by atoms with Gasteiger partial charge in [-0.25, -0.2) is 9.67 Å². The molecule has 0 saturated heterocycles. The number of nitrogens with zero attached hydrogens (tertiary/aromatic N) is 3. The zero-order valence-corrected chi connectivity index (χ0v) is 20.1. The molecule has 1 heterocycles. The number of methoxy groups -OCH3 is 1. The van der Waals surface area contributed by atoms with Crippen LogP contribution in [0.1, 0.15) is 18.1 Å². The number of hydrogen-bond acceptors (Lipinski definition) is 4. The number of guanidine groups is 1. The van der Waals surface area contributed by atoms with Crippen molar-refractivity contribution < 1.29 is 18.3 Å². The van der Waals surface area contributed by atoms with Crippen LogP contribution in [0.25, 0.3) is 5.69 Å². The van der Waals surface area contributed by atoms with Crippen LogP contribution in [0, 0.1) is 0 Å². The van der Waals surface area contributed by atoms with Gasteiger partial charge in [0.1, 0.15) is 11.5 Å². The van der Waals surface area contributed by atoms with E-state index in [1.165, 1.54) is 13.2 Å². The maximum atomic E-state index is 12.7. The largest absolute Gasteiger partial charge is 0.497 e. The third-order valence-electron chi connectivity index (χ3n) is 4.35. The molecule has 2 aromatic carbocycles. The minimum atomic E-state index is -2.91. The Morgan fingerprint density at radius 2 is 1.94 bits per heavy atom. The van der Waals surface area contributed by atoms with Gasteiger partial charge in [-0.2, -0.15) is 13.9 Å². The molecule has 0 spiro atoms. The molecule has 0 radical (unpaired) electrons. The summed E-state index contributed by atoms with van der Waals surface area (Å²) in [5.41, 5.74) is 2.43. The molecule has 0 amide bonds. The lowest BCUT2D eigenvalue weighted by Gasteiger charge is -2.15. The summed E-state index contributed by atoms with van der Waals surface area (Å²) in [6, 6.07) is 14.5. The standard InChI is InChI=1S/C22H25F2N5O2.HI/c1-3-25-22(26-12-16-13-28-29(15-16)18-7-5-4-6-8-18)27-14-17-11-19(30-2)9-10-20(17)31-21(23)24;/h4-11,13,15,21H,3,12,14H2,1-2H3,(H2,25,26,27);1H. The Bertz CT molecular complexity index is 999. The molecule has 10 heteroatoms. The summed E-state index contributed by atoms with van der Waals surface area (Å²) in [6.45, 7) is 0.319. The first-order chi connectivity index (χ1) is 15.1. The number of rotatable bonds is 9. The predicted octanol–water partition coefficient (Wildman–Crippen LogP) is 4.36. The lowest BCUT2D eigenvalue weighted by Crippen LogP contribution is -2.36. The van der Waals surface area contributed by atoms with Gasteiger partial charge < -0.3 is 20.1 Å². The molecule has 3 aromatic rings. The van der Waals surface area contributed by atoms with Crippen molar-refractivity contribution in [2.45, 2.75) is 26.6 Å². The van der Waals surface area contributed by atoms with E-state index in [1.54, 1.807) is 23.0 Å². The highest BCUT2D eigenvalue weighted by Crippen LogP contribution is 2.25. The Balaban J connectivity index is 0.00000363. The topological polar surface area (TPSA) is 72.7 Å². The van der Waals surface area contributed by atoms with Crippen molar-refractivity contribution in [2.75, 3.05) is 13.7 Å². The van der Waals surface area contributed by atoms with Gasteiger partial charge >= 0.3 is 6.61 Å². The molecule has 7 nitrogen and oxygen atoms in total. The molecule has 1 aromatic heterocycles. The average molecular weight is 557 g/mol. The fraction of sp³-hybridized carbons (Fsp3) is 0.273.